The number of urea groups is 1. The van der Waals surface area contributed by atoms with Crippen molar-refractivity contribution in [3.63, 3.8) is 0 Å². The second-order valence-corrected chi connectivity index (χ2v) is 8.44. The minimum absolute atomic E-state index is 0.0996. The number of aryl methyl sites for hydroxylation is 2. The van der Waals surface area contributed by atoms with Crippen molar-refractivity contribution in [2.75, 3.05) is 25.5 Å². The first-order valence-electron chi connectivity index (χ1n) is 10.3. The van der Waals surface area contributed by atoms with E-state index in [9.17, 15) is 9.59 Å². The van der Waals surface area contributed by atoms with Gasteiger partial charge in [-0.2, -0.15) is 0 Å². The predicted molar refractivity (Wildman–Crippen MR) is 113 cm³/mol. The fraction of sp³-hybridized carbons (Fsp3) is 0.417. The zero-order valence-electron chi connectivity index (χ0n) is 17.2. The van der Waals surface area contributed by atoms with Crippen molar-refractivity contribution >= 4 is 17.7 Å². The van der Waals surface area contributed by atoms with Crippen LogP contribution in [0.3, 0.4) is 0 Å². The summed E-state index contributed by atoms with van der Waals surface area (Å²) in [7, 11) is 1.36. The Hall–Kier alpha value is -2.82. The van der Waals surface area contributed by atoms with E-state index in [0.717, 1.165) is 44.3 Å². The van der Waals surface area contributed by atoms with E-state index < -0.39 is 5.97 Å². The molecule has 152 valence electrons. The van der Waals surface area contributed by atoms with Gasteiger partial charge in [0.05, 0.1) is 12.7 Å². The highest BCUT2D eigenvalue weighted by molar-refractivity contribution is 5.94. The zero-order valence-corrected chi connectivity index (χ0v) is 17.2. The molecule has 0 radical (unpaired) electrons. The number of hydrogen-bond donors (Lipinski definition) is 1. The van der Waals surface area contributed by atoms with E-state index in [2.05, 4.69) is 29.6 Å². The summed E-state index contributed by atoms with van der Waals surface area (Å²) in [6.45, 7) is 3.43. The van der Waals surface area contributed by atoms with Crippen molar-refractivity contribution in [3.05, 3.63) is 64.7 Å². The summed E-state index contributed by atoms with van der Waals surface area (Å²) < 4.78 is 4.79. The first kappa shape index (κ1) is 19.5. The van der Waals surface area contributed by atoms with Crippen LogP contribution < -0.4 is 5.32 Å². The van der Waals surface area contributed by atoms with Gasteiger partial charge < -0.3 is 15.0 Å². The lowest BCUT2D eigenvalue weighted by atomic mass is 9.66. The van der Waals surface area contributed by atoms with Crippen LogP contribution in [-0.2, 0) is 17.6 Å². The highest BCUT2D eigenvalue weighted by atomic mass is 16.5. The third kappa shape index (κ3) is 4.14. The molecule has 1 N–H and O–H groups in total. The number of nitrogens with zero attached hydrogens (tertiary/aromatic N) is 1. The molecule has 1 aliphatic carbocycles. The molecule has 4 rings (SSSR count). The van der Waals surface area contributed by atoms with Crippen LogP contribution in [0.25, 0.3) is 0 Å². The summed E-state index contributed by atoms with van der Waals surface area (Å²) in [5.41, 5.74) is 5.27. The number of methoxy groups -OCH3 is 1. The van der Waals surface area contributed by atoms with Crippen LogP contribution in [0.4, 0.5) is 10.5 Å². The van der Waals surface area contributed by atoms with E-state index in [1.165, 1.54) is 24.7 Å². The number of anilines is 1. The minimum Gasteiger partial charge on any atom is -0.465 e. The molecule has 5 nitrogen and oxygen atoms in total. The summed E-state index contributed by atoms with van der Waals surface area (Å²) in [6.07, 6.45) is 5.55. The van der Waals surface area contributed by atoms with Crippen molar-refractivity contribution in [2.24, 2.45) is 5.41 Å². The van der Waals surface area contributed by atoms with Crippen molar-refractivity contribution in [1.82, 2.24) is 4.90 Å². The van der Waals surface area contributed by atoms with E-state index in [1.807, 2.05) is 17.9 Å². The lowest BCUT2D eigenvalue weighted by Gasteiger charge is -2.44. The molecule has 1 aliphatic heterocycles. The Bertz CT molecular complexity index is 929. The van der Waals surface area contributed by atoms with Crippen LogP contribution in [0, 0.1) is 12.3 Å². The number of carbonyl (C=O) groups excluding carboxylic acids is 2. The first-order valence-corrected chi connectivity index (χ1v) is 10.3. The molecule has 0 unspecified atom stereocenters. The largest absolute Gasteiger partial charge is 0.465 e. The number of esters is 1. The molecule has 1 fully saturated rings. The fourth-order valence-corrected chi connectivity index (χ4v) is 4.77. The molecule has 29 heavy (non-hydrogen) atoms. The number of benzene rings is 2. The topological polar surface area (TPSA) is 58.6 Å². The van der Waals surface area contributed by atoms with Crippen LogP contribution in [0.2, 0.25) is 0 Å². The van der Waals surface area contributed by atoms with Gasteiger partial charge in [0.25, 0.3) is 0 Å². The normalized spacial score (nSPS) is 17.5. The predicted octanol–water partition coefficient (Wildman–Crippen LogP) is 4.58. The van der Waals surface area contributed by atoms with Crippen molar-refractivity contribution in [1.29, 1.82) is 0 Å². The Morgan fingerprint density at radius 2 is 1.76 bits per heavy atom. The molecular formula is C24H28N2O3. The quantitative estimate of drug-likeness (QED) is 0.761. The number of amides is 2. The SMILES string of the molecule is COC(=O)c1cc(C)cc(NC(=O)N2CCC3(CCc4ccccc4C3)CC2)c1. The van der Waals surface area contributed by atoms with Gasteiger partial charge in [-0.1, -0.05) is 24.3 Å². The van der Waals surface area contributed by atoms with Crippen LogP contribution in [0.1, 0.15) is 46.3 Å². The molecule has 2 aromatic rings. The second-order valence-electron chi connectivity index (χ2n) is 8.44. The Labute approximate surface area is 172 Å². The molecule has 1 saturated heterocycles. The Kier molecular flexibility index (Phi) is 5.31. The van der Waals surface area contributed by atoms with Gasteiger partial charge in [0.1, 0.15) is 0 Å². The van der Waals surface area contributed by atoms with Gasteiger partial charge in [-0.3, -0.25) is 0 Å². The molecule has 2 aliphatic rings. The van der Waals surface area contributed by atoms with E-state index in [-0.39, 0.29) is 6.03 Å². The summed E-state index contributed by atoms with van der Waals surface area (Å²) in [5, 5.41) is 2.96. The van der Waals surface area contributed by atoms with Crippen molar-refractivity contribution < 1.29 is 14.3 Å². The van der Waals surface area contributed by atoms with E-state index in [1.54, 1.807) is 12.1 Å². The molecule has 1 heterocycles. The van der Waals surface area contributed by atoms with Gasteiger partial charge in [-0.25, -0.2) is 9.59 Å². The number of likely N-dealkylation sites (tertiary alicyclic amines) is 1. The van der Waals surface area contributed by atoms with E-state index in [4.69, 9.17) is 4.74 Å². The summed E-state index contributed by atoms with van der Waals surface area (Å²) >= 11 is 0. The molecule has 2 aromatic carbocycles. The summed E-state index contributed by atoms with van der Waals surface area (Å²) in [4.78, 5) is 26.5. The minimum atomic E-state index is -0.401. The highest BCUT2D eigenvalue weighted by Crippen LogP contribution is 2.43. The third-order valence-electron chi connectivity index (χ3n) is 6.47. The lowest BCUT2D eigenvalue weighted by molar-refractivity contribution is 0.0600. The number of fused-ring (bicyclic) bond motifs is 1. The monoisotopic (exact) mass is 392 g/mol. The van der Waals surface area contributed by atoms with Gasteiger partial charge in [-0.05, 0) is 79.3 Å². The Morgan fingerprint density at radius 3 is 2.48 bits per heavy atom. The van der Waals surface area contributed by atoms with Crippen molar-refractivity contribution in [3.8, 4) is 0 Å². The zero-order chi connectivity index (χ0) is 20.4. The second kappa shape index (κ2) is 7.90. The maximum atomic E-state index is 12.8. The van der Waals surface area contributed by atoms with E-state index in [0.29, 0.717) is 16.7 Å². The molecule has 5 heteroatoms. The highest BCUT2D eigenvalue weighted by Gasteiger charge is 2.38. The molecule has 0 aromatic heterocycles. The Morgan fingerprint density at radius 1 is 1.03 bits per heavy atom. The number of hydrogen-bond acceptors (Lipinski definition) is 3. The lowest BCUT2D eigenvalue weighted by Crippen LogP contribution is -2.46. The third-order valence-corrected chi connectivity index (χ3v) is 6.47. The number of nitrogens with one attached hydrogen (secondary N) is 1. The number of carbonyl (C=O) groups is 2. The van der Waals surface area contributed by atoms with Crippen molar-refractivity contribution in [2.45, 2.75) is 39.0 Å². The Balaban J connectivity index is 1.39. The van der Waals surface area contributed by atoms with E-state index >= 15 is 0 Å². The number of ether oxygens (including phenoxy) is 1. The van der Waals surface area contributed by atoms with Gasteiger partial charge in [0.2, 0.25) is 0 Å². The van der Waals surface area contributed by atoms with Gasteiger partial charge in [0.15, 0.2) is 0 Å². The van der Waals surface area contributed by atoms with Gasteiger partial charge in [-0.15, -0.1) is 0 Å². The molecular weight excluding hydrogens is 364 g/mol. The van der Waals surface area contributed by atoms with Gasteiger partial charge >= 0.3 is 12.0 Å². The molecule has 1 spiro atoms. The molecule has 0 saturated carbocycles. The summed E-state index contributed by atoms with van der Waals surface area (Å²) in [6, 6.07) is 13.9. The number of piperidine rings is 1. The average molecular weight is 392 g/mol. The smallest absolute Gasteiger partial charge is 0.337 e. The van der Waals surface area contributed by atoms with Crippen LogP contribution in [-0.4, -0.2) is 37.1 Å². The van der Waals surface area contributed by atoms with Crippen LogP contribution in [0.5, 0.6) is 0 Å². The van der Waals surface area contributed by atoms with Crippen LogP contribution in [0.15, 0.2) is 42.5 Å². The fourth-order valence-electron chi connectivity index (χ4n) is 4.77. The first-order chi connectivity index (χ1) is 14.0. The molecule has 0 atom stereocenters. The standard InChI is InChI=1S/C24H28N2O3/c1-17-13-20(22(27)29-2)15-21(14-17)25-23(28)26-11-9-24(10-12-26)8-7-18-5-3-4-6-19(18)16-24/h3-6,13-15H,7-12,16H2,1-2H3,(H,25,28). The average Bonchev–Trinajstić information content (AvgIpc) is 2.73. The molecule has 2 amide bonds. The summed E-state index contributed by atoms with van der Waals surface area (Å²) in [5.74, 6) is -0.401. The number of rotatable bonds is 2. The van der Waals surface area contributed by atoms with Gasteiger partial charge in [0, 0.05) is 18.8 Å². The molecule has 0 bridgehead atoms. The maximum absolute atomic E-state index is 12.8. The van der Waals surface area contributed by atoms with Crippen LogP contribution >= 0.6 is 0 Å². The maximum Gasteiger partial charge on any atom is 0.337 e.